The van der Waals surface area contributed by atoms with Crippen LogP contribution in [0.4, 0.5) is 26.3 Å². The van der Waals surface area contributed by atoms with E-state index in [0.29, 0.717) is 17.6 Å². The molecule has 0 saturated carbocycles. The van der Waals surface area contributed by atoms with Crippen molar-refractivity contribution in [2.75, 3.05) is 0 Å². The zero-order valence-corrected chi connectivity index (χ0v) is 15.9. The molecule has 0 aliphatic rings. The van der Waals surface area contributed by atoms with Gasteiger partial charge in [-0.2, -0.15) is 26.3 Å². The maximum Gasteiger partial charge on any atom is 0.430 e. The van der Waals surface area contributed by atoms with Crippen molar-refractivity contribution in [2.24, 2.45) is 0 Å². The normalized spacial score (nSPS) is 13.1. The Balaban J connectivity index is 2.02. The predicted molar refractivity (Wildman–Crippen MR) is 97.5 cm³/mol. The predicted octanol–water partition coefficient (Wildman–Crippen LogP) is 5.12. The van der Waals surface area contributed by atoms with Gasteiger partial charge in [0.25, 0.3) is 11.2 Å². The number of hydrogen-bond donors (Lipinski definition) is 1. The number of aromatic nitrogens is 1. The highest BCUT2D eigenvalue weighted by Gasteiger charge is 2.71. The Morgan fingerprint density at radius 3 is 2.00 bits per heavy atom. The number of aliphatic hydroxyl groups is 1. The molecule has 0 amide bonds. The van der Waals surface area contributed by atoms with Gasteiger partial charge < -0.3 is 9.67 Å². The second-order valence-corrected chi connectivity index (χ2v) is 7.28. The molecule has 29 heavy (non-hydrogen) atoms. The van der Waals surface area contributed by atoms with E-state index in [9.17, 15) is 36.2 Å². The van der Waals surface area contributed by atoms with Gasteiger partial charge in [0.15, 0.2) is 0 Å². The van der Waals surface area contributed by atoms with Gasteiger partial charge in [0, 0.05) is 16.1 Å². The van der Waals surface area contributed by atoms with Crippen LogP contribution in [-0.4, -0.2) is 22.0 Å². The summed E-state index contributed by atoms with van der Waals surface area (Å²) < 4.78 is 80.0. The SMILES string of the molecule is O=c1ccc2cc(Br)ccc2n1Cc1ccc(C(O)(C(F)(F)F)C(F)(F)F)cc1. The van der Waals surface area contributed by atoms with Crippen LogP contribution in [0.15, 0.2) is 63.9 Å². The third kappa shape index (κ3) is 3.78. The van der Waals surface area contributed by atoms with Crippen molar-refractivity contribution in [1.82, 2.24) is 4.57 Å². The molecule has 1 aromatic heterocycles. The largest absolute Gasteiger partial charge is 0.430 e. The van der Waals surface area contributed by atoms with E-state index in [-0.39, 0.29) is 17.7 Å². The fourth-order valence-corrected chi connectivity index (χ4v) is 3.34. The molecule has 10 heteroatoms. The minimum atomic E-state index is -5.95. The van der Waals surface area contributed by atoms with E-state index >= 15 is 0 Å². The molecule has 0 spiro atoms. The third-order valence-corrected chi connectivity index (χ3v) is 4.98. The van der Waals surface area contributed by atoms with Gasteiger partial charge in [0.05, 0.1) is 12.1 Å². The highest BCUT2D eigenvalue weighted by atomic mass is 79.9. The smallest absolute Gasteiger partial charge is 0.369 e. The molecule has 1 heterocycles. The molecule has 3 rings (SSSR count). The van der Waals surface area contributed by atoms with Crippen LogP contribution >= 0.6 is 15.9 Å². The number of rotatable bonds is 3. The van der Waals surface area contributed by atoms with Crippen LogP contribution in [0.1, 0.15) is 11.1 Å². The quantitative estimate of drug-likeness (QED) is 0.529. The Labute approximate surface area is 168 Å². The average Bonchev–Trinajstić information content (AvgIpc) is 2.62. The van der Waals surface area contributed by atoms with Gasteiger partial charge in [-0.05, 0) is 35.2 Å². The molecule has 1 N–H and O–H groups in total. The van der Waals surface area contributed by atoms with E-state index in [1.165, 1.54) is 10.6 Å². The highest BCUT2D eigenvalue weighted by Crippen LogP contribution is 2.49. The number of alkyl halides is 6. The molecule has 2 aromatic carbocycles. The lowest BCUT2D eigenvalue weighted by atomic mass is 9.91. The van der Waals surface area contributed by atoms with Crippen molar-refractivity contribution >= 4 is 26.8 Å². The molecule has 0 radical (unpaired) electrons. The van der Waals surface area contributed by atoms with Gasteiger partial charge in [-0.1, -0.05) is 40.2 Å². The summed E-state index contributed by atoms with van der Waals surface area (Å²) >= 11 is 3.31. The Bertz CT molecular complexity index is 1090. The molecule has 0 unspecified atom stereocenters. The number of pyridine rings is 1. The summed E-state index contributed by atoms with van der Waals surface area (Å²) in [5, 5.41) is 10.2. The first kappa shape index (κ1) is 21.4. The first-order valence-corrected chi connectivity index (χ1v) is 8.88. The Morgan fingerprint density at radius 2 is 1.45 bits per heavy atom. The number of nitrogens with zero attached hydrogens (tertiary/aromatic N) is 1. The molecule has 0 saturated heterocycles. The fourth-order valence-electron chi connectivity index (χ4n) is 2.96. The molecular weight excluding hydrogens is 468 g/mol. The highest BCUT2D eigenvalue weighted by molar-refractivity contribution is 9.10. The lowest BCUT2D eigenvalue weighted by molar-refractivity contribution is -0.376. The standard InChI is InChI=1S/C19H12BrF6NO2/c20-14-6-7-15-12(9-14)3-8-16(28)27(15)10-11-1-4-13(5-2-11)17(29,18(21,22)23)19(24,25)26/h1-9,29H,10H2. The first-order chi connectivity index (χ1) is 13.3. The zero-order valence-electron chi connectivity index (χ0n) is 14.4. The molecule has 0 aliphatic carbocycles. The summed E-state index contributed by atoms with van der Waals surface area (Å²) in [6.45, 7) is -0.0749. The van der Waals surface area contributed by atoms with Crippen molar-refractivity contribution in [3.63, 3.8) is 0 Å². The van der Waals surface area contributed by atoms with Crippen molar-refractivity contribution in [2.45, 2.75) is 24.5 Å². The van der Waals surface area contributed by atoms with E-state index in [1.54, 1.807) is 24.3 Å². The fraction of sp³-hybridized carbons (Fsp3) is 0.211. The first-order valence-electron chi connectivity index (χ1n) is 8.09. The average molecular weight is 480 g/mol. The van der Waals surface area contributed by atoms with Crippen molar-refractivity contribution in [1.29, 1.82) is 0 Å². The van der Waals surface area contributed by atoms with E-state index in [0.717, 1.165) is 22.0 Å². The van der Waals surface area contributed by atoms with Crippen LogP contribution in [0.5, 0.6) is 0 Å². The lowest BCUT2D eigenvalue weighted by Crippen LogP contribution is -2.53. The minimum absolute atomic E-state index is 0.0749. The van der Waals surface area contributed by atoms with Gasteiger partial charge in [-0.3, -0.25) is 4.79 Å². The number of fused-ring (bicyclic) bond motifs is 1. The van der Waals surface area contributed by atoms with Gasteiger partial charge >= 0.3 is 12.4 Å². The molecule has 0 fully saturated rings. The van der Waals surface area contributed by atoms with Crippen LogP contribution in [0.3, 0.4) is 0 Å². The second kappa shape index (κ2) is 7.17. The monoisotopic (exact) mass is 479 g/mol. The van der Waals surface area contributed by atoms with Crippen LogP contribution in [-0.2, 0) is 12.1 Å². The Kier molecular flexibility index (Phi) is 5.29. The van der Waals surface area contributed by atoms with Crippen LogP contribution in [0, 0.1) is 0 Å². The van der Waals surface area contributed by atoms with E-state index in [2.05, 4.69) is 15.9 Å². The molecule has 0 atom stereocenters. The number of benzene rings is 2. The minimum Gasteiger partial charge on any atom is -0.369 e. The van der Waals surface area contributed by atoms with Gasteiger partial charge in [-0.25, -0.2) is 0 Å². The van der Waals surface area contributed by atoms with Crippen LogP contribution < -0.4 is 5.56 Å². The lowest BCUT2D eigenvalue weighted by Gasteiger charge is -2.32. The summed E-state index contributed by atoms with van der Waals surface area (Å²) in [6, 6.07) is 11.2. The maximum absolute atomic E-state index is 13.0. The topological polar surface area (TPSA) is 42.2 Å². The third-order valence-electron chi connectivity index (χ3n) is 4.48. The van der Waals surface area contributed by atoms with E-state index in [1.807, 2.05) is 0 Å². The van der Waals surface area contributed by atoms with Gasteiger partial charge in [0.2, 0.25) is 0 Å². The Morgan fingerprint density at radius 1 is 0.862 bits per heavy atom. The van der Waals surface area contributed by atoms with Crippen LogP contribution in [0.25, 0.3) is 10.9 Å². The number of halogens is 7. The molecule has 154 valence electrons. The van der Waals surface area contributed by atoms with E-state index in [4.69, 9.17) is 0 Å². The number of hydrogen-bond acceptors (Lipinski definition) is 2. The van der Waals surface area contributed by atoms with E-state index < -0.39 is 23.5 Å². The van der Waals surface area contributed by atoms with Gasteiger partial charge in [0.1, 0.15) is 0 Å². The molecule has 0 bridgehead atoms. The zero-order chi connectivity index (χ0) is 21.6. The summed E-state index contributed by atoms with van der Waals surface area (Å²) in [4.78, 5) is 12.2. The van der Waals surface area contributed by atoms with Crippen molar-refractivity contribution in [3.8, 4) is 0 Å². The molecule has 3 nitrogen and oxygen atoms in total. The molecule has 0 aliphatic heterocycles. The van der Waals surface area contributed by atoms with Crippen LogP contribution in [0.2, 0.25) is 0 Å². The summed E-state index contributed by atoms with van der Waals surface area (Å²) in [5.74, 6) is 0. The summed E-state index contributed by atoms with van der Waals surface area (Å²) in [6.07, 6.45) is -11.9. The summed E-state index contributed by atoms with van der Waals surface area (Å²) in [7, 11) is 0. The summed E-state index contributed by atoms with van der Waals surface area (Å²) in [5.41, 5.74) is -5.88. The van der Waals surface area contributed by atoms with Crippen molar-refractivity contribution in [3.05, 3.63) is 80.6 Å². The molecule has 3 aromatic rings. The second-order valence-electron chi connectivity index (χ2n) is 6.36. The Hall–Kier alpha value is -2.33. The van der Waals surface area contributed by atoms with Gasteiger partial charge in [-0.15, -0.1) is 0 Å². The maximum atomic E-state index is 13.0. The van der Waals surface area contributed by atoms with Crippen molar-refractivity contribution < 1.29 is 31.4 Å². The molecular formula is C19H12BrF6NO2.